The molecule has 0 saturated carbocycles. The van der Waals surface area contributed by atoms with E-state index in [0.29, 0.717) is 11.8 Å². The Morgan fingerprint density at radius 2 is 1.81 bits per heavy atom. The SMILES string of the molecule is C[C@H](N)C(=O)Nc1cccc(-n2nc(C(F)(F)F)cc2C(=O)NCc2ccccc2)c1. The zero-order valence-corrected chi connectivity index (χ0v) is 16.5. The number of benzene rings is 2. The summed E-state index contributed by atoms with van der Waals surface area (Å²) in [4.78, 5) is 24.5. The predicted molar refractivity (Wildman–Crippen MR) is 108 cm³/mol. The second-order valence-electron chi connectivity index (χ2n) is 6.82. The first-order valence-corrected chi connectivity index (χ1v) is 9.31. The number of carbonyl (C=O) groups excluding carboxylic acids is 2. The third kappa shape index (κ3) is 5.48. The van der Waals surface area contributed by atoms with Gasteiger partial charge < -0.3 is 16.4 Å². The normalized spacial score (nSPS) is 12.3. The molecule has 7 nitrogen and oxygen atoms in total. The zero-order valence-electron chi connectivity index (χ0n) is 16.5. The van der Waals surface area contributed by atoms with Crippen molar-refractivity contribution in [3.63, 3.8) is 0 Å². The number of amides is 2. The molecule has 0 spiro atoms. The lowest BCUT2D eigenvalue weighted by Gasteiger charge is -2.11. The number of alkyl halides is 3. The number of nitrogens with one attached hydrogen (secondary N) is 2. The van der Waals surface area contributed by atoms with Crippen molar-refractivity contribution >= 4 is 17.5 Å². The molecule has 3 rings (SSSR count). The van der Waals surface area contributed by atoms with Crippen LogP contribution in [0.25, 0.3) is 5.69 Å². The van der Waals surface area contributed by atoms with E-state index in [2.05, 4.69) is 15.7 Å². The Hall–Kier alpha value is -3.66. The van der Waals surface area contributed by atoms with Crippen molar-refractivity contribution in [1.82, 2.24) is 15.1 Å². The predicted octanol–water partition coefficient (Wildman–Crippen LogP) is 3.11. The summed E-state index contributed by atoms with van der Waals surface area (Å²) < 4.78 is 40.7. The van der Waals surface area contributed by atoms with Gasteiger partial charge in [-0.05, 0) is 30.7 Å². The Morgan fingerprint density at radius 1 is 1.10 bits per heavy atom. The number of aromatic nitrogens is 2. The highest BCUT2D eigenvalue weighted by Gasteiger charge is 2.36. The van der Waals surface area contributed by atoms with Crippen LogP contribution in [-0.4, -0.2) is 27.6 Å². The summed E-state index contributed by atoms with van der Waals surface area (Å²) in [5, 5.41) is 8.73. The van der Waals surface area contributed by atoms with Crippen molar-refractivity contribution in [2.75, 3.05) is 5.32 Å². The van der Waals surface area contributed by atoms with E-state index < -0.39 is 29.7 Å². The van der Waals surface area contributed by atoms with E-state index in [1.165, 1.54) is 25.1 Å². The molecule has 1 atom stereocenters. The maximum absolute atomic E-state index is 13.3. The molecule has 0 fully saturated rings. The molecule has 1 heterocycles. The van der Waals surface area contributed by atoms with Crippen LogP contribution in [0.15, 0.2) is 60.7 Å². The van der Waals surface area contributed by atoms with Gasteiger partial charge in [-0.3, -0.25) is 9.59 Å². The monoisotopic (exact) mass is 431 g/mol. The fourth-order valence-corrected chi connectivity index (χ4v) is 2.72. The molecule has 0 aliphatic rings. The molecule has 0 bridgehead atoms. The maximum atomic E-state index is 13.3. The van der Waals surface area contributed by atoms with Crippen molar-refractivity contribution in [2.45, 2.75) is 25.7 Å². The quantitative estimate of drug-likeness (QED) is 0.558. The number of carbonyl (C=O) groups is 2. The molecule has 1 aromatic heterocycles. The summed E-state index contributed by atoms with van der Waals surface area (Å²) in [5.41, 5.74) is 5.29. The van der Waals surface area contributed by atoms with Gasteiger partial charge in [0.15, 0.2) is 5.69 Å². The average Bonchev–Trinajstić information content (AvgIpc) is 3.19. The van der Waals surface area contributed by atoms with Crippen LogP contribution < -0.4 is 16.4 Å². The Kier molecular flexibility index (Phi) is 6.40. The van der Waals surface area contributed by atoms with Crippen molar-refractivity contribution in [3.05, 3.63) is 77.6 Å². The molecule has 0 unspecified atom stereocenters. The van der Waals surface area contributed by atoms with Crippen LogP contribution in [0.2, 0.25) is 0 Å². The van der Waals surface area contributed by atoms with Gasteiger partial charge in [0, 0.05) is 18.3 Å². The van der Waals surface area contributed by atoms with E-state index in [9.17, 15) is 22.8 Å². The number of rotatable bonds is 6. The van der Waals surface area contributed by atoms with E-state index in [0.717, 1.165) is 10.2 Å². The maximum Gasteiger partial charge on any atom is 0.435 e. The number of nitrogens with two attached hydrogens (primary N) is 1. The fraction of sp³-hybridized carbons (Fsp3) is 0.190. The smallest absolute Gasteiger partial charge is 0.347 e. The highest BCUT2D eigenvalue weighted by atomic mass is 19.4. The second-order valence-corrected chi connectivity index (χ2v) is 6.82. The summed E-state index contributed by atoms with van der Waals surface area (Å²) >= 11 is 0. The number of hydrogen-bond acceptors (Lipinski definition) is 4. The molecule has 0 aliphatic carbocycles. The molecule has 0 radical (unpaired) electrons. The summed E-state index contributed by atoms with van der Waals surface area (Å²) in [7, 11) is 0. The average molecular weight is 431 g/mol. The lowest BCUT2D eigenvalue weighted by molar-refractivity contribution is -0.141. The topological polar surface area (TPSA) is 102 Å². The van der Waals surface area contributed by atoms with Crippen LogP contribution in [0.4, 0.5) is 18.9 Å². The van der Waals surface area contributed by atoms with Crippen molar-refractivity contribution < 1.29 is 22.8 Å². The molecular formula is C21H20F3N5O2. The Bertz CT molecular complexity index is 1080. The first-order chi connectivity index (χ1) is 14.6. The van der Waals surface area contributed by atoms with Gasteiger partial charge in [-0.2, -0.15) is 18.3 Å². The number of nitrogens with zero attached hydrogens (tertiary/aromatic N) is 2. The van der Waals surface area contributed by atoms with Crippen LogP contribution >= 0.6 is 0 Å². The molecule has 10 heteroatoms. The first-order valence-electron chi connectivity index (χ1n) is 9.31. The van der Waals surface area contributed by atoms with E-state index in [1.807, 2.05) is 6.07 Å². The van der Waals surface area contributed by atoms with Gasteiger partial charge in [-0.25, -0.2) is 4.68 Å². The Morgan fingerprint density at radius 3 is 2.45 bits per heavy atom. The van der Waals surface area contributed by atoms with Crippen molar-refractivity contribution in [2.24, 2.45) is 5.73 Å². The molecule has 2 amide bonds. The fourth-order valence-electron chi connectivity index (χ4n) is 2.72. The van der Waals surface area contributed by atoms with Gasteiger partial charge in [-0.15, -0.1) is 0 Å². The number of hydrogen-bond donors (Lipinski definition) is 3. The molecule has 0 aliphatic heterocycles. The van der Waals surface area contributed by atoms with Gasteiger partial charge in [0.1, 0.15) is 5.69 Å². The van der Waals surface area contributed by atoms with Crippen LogP contribution in [-0.2, 0) is 17.5 Å². The molecular weight excluding hydrogens is 411 g/mol. The largest absolute Gasteiger partial charge is 0.435 e. The van der Waals surface area contributed by atoms with E-state index in [-0.39, 0.29) is 17.9 Å². The van der Waals surface area contributed by atoms with Crippen molar-refractivity contribution in [1.29, 1.82) is 0 Å². The van der Waals surface area contributed by atoms with Gasteiger partial charge in [0.25, 0.3) is 5.91 Å². The summed E-state index contributed by atoms with van der Waals surface area (Å²) in [5.74, 6) is -1.19. The van der Waals surface area contributed by atoms with E-state index in [1.54, 1.807) is 30.3 Å². The molecule has 4 N–H and O–H groups in total. The minimum absolute atomic E-state index is 0.136. The van der Waals surface area contributed by atoms with Crippen LogP contribution in [0.5, 0.6) is 0 Å². The van der Waals surface area contributed by atoms with Gasteiger partial charge in [-0.1, -0.05) is 36.4 Å². The van der Waals surface area contributed by atoms with Crippen LogP contribution in [0.1, 0.15) is 28.7 Å². The standard InChI is InChI=1S/C21H20F3N5O2/c1-13(25)19(30)27-15-8-5-9-16(10-15)29-17(11-18(28-29)21(22,23)24)20(31)26-12-14-6-3-2-4-7-14/h2-11,13H,12,25H2,1H3,(H,26,31)(H,27,30)/t13-/m0/s1. The number of halogens is 3. The van der Waals surface area contributed by atoms with E-state index >= 15 is 0 Å². The van der Waals surface area contributed by atoms with Gasteiger partial charge >= 0.3 is 6.18 Å². The van der Waals surface area contributed by atoms with Gasteiger partial charge in [0.05, 0.1) is 11.7 Å². The van der Waals surface area contributed by atoms with E-state index in [4.69, 9.17) is 5.73 Å². The zero-order chi connectivity index (χ0) is 22.6. The Balaban J connectivity index is 1.93. The third-order valence-electron chi connectivity index (χ3n) is 4.30. The highest BCUT2D eigenvalue weighted by Crippen LogP contribution is 2.30. The summed E-state index contributed by atoms with van der Waals surface area (Å²) in [6.45, 7) is 1.63. The lowest BCUT2D eigenvalue weighted by Crippen LogP contribution is -2.32. The Labute approximate surface area is 176 Å². The highest BCUT2D eigenvalue weighted by molar-refractivity contribution is 5.95. The molecule has 162 valence electrons. The lowest BCUT2D eigenvalue weighted by atomic mass is 10.2. The number of anilines is 1. The van der Waals surface area contributed by atoms with Crippen LogP contribution in [0, 0.1) is 0 Å². The molecule has 3 aromatic rings. The van der Waals surface area contributed by atoms with Gasteiger partial charge in [0.2, 0.25) is 5.91 Å². The van der Waals surface area contributed by atoms with Crippen molar-refractivity contribution in [3.8, 4) is 5.69 Å². The minimum Gasteiger partial charge on any atom is -0.347 e. The minimum atomic E-state index is -4.74. The van der Waals surface area contributed by atoms with Crippen LogP contribution in [0.3, 0.4) is 0 Å². The molecule has 0 saturated heterocycles. The summed E-state index contributed by atoms with van der Waals surface area (Å²) in [6.07, 6.45) is -4.74. The third-order valence-corrected chi connectivity index (χ3v) is 4.30. The second kappa shape index (κ2) is 9.00. The molecule has 2 aromatic carbocycles. The summed E-state index contributed by atoms with van der Waals surface area (Å²) in [6, 6.07) is 14.8. The molecule has 31 heavy (non-hydrogen) atoms. The first kappa shape index (κ1) is 22.0.